The normalized spacial score (nSPS) is 11.8. The molecular weight excluding hydrogens is 262 g/mol. The van der Waals surface area contributed by atoms with Gasteiger partial charge in [-0.3, -0.25) is 10.1 Å². The van der Waals surface area contributed by atoms with E-state index in [2.05, 4.69) is 10.6 Å². The topological polar surface area (TPSA) is 104 Å². The summed E-state index contributed by atoms with van der Waals surface area (Å²) in [4.78, 5) is 21.8. The van der Waals surface area contributed by atoms with Crippen molar-refractivity contribution in [2.45, 2.75) is 32.8 Å². The zero-order valence-electron chi connectivity index (χ0n) is 11.5. The summed E-state index contributed by atoms with van der Waals surface area (Å²) in [7, 11) is 0. The summed E-state index contributed by atoms with van der Waals surface area (Å²) in [5.74, 6) is 0. The van der Waals surface area contributed by atoms with Gasteiger partial charge in [-0.05, 0) is 25.5 Å². The summed E-state index contributed by atoms with van der Waals surface area (Å²) in [5.41, 5.74) is 0.948. The predicted octanol–water partition coefficient (Wildman–Crippen LogP) is 2.19. The van der Waals surface area contributed by atoms with Crippen molar-refractivity contribution in [1.82, 2.24) is 5.32 Å². The molecule has 0 aliphatic rings. The monoisotopic (exact) mass is 281 g/mol. The first-order valence-corrected chi connectivity index (χ1v) is 6.42. The number of aryl methyl sites for hydroxylation is 1. The number of benzene rings is 1. The van der Waals surface area contributed by atoms with E-state index < -0.39 is 17.1 Å². The molecule has 1 aromatic carbocycles. The zero-order chi connectivity index (χ0) is 15.1. The molecule has 1 aromatic rings. The van der Waals surface area contributed by atoms with Crippen LogP contribution in [0.1, 0.15) is 25.3 Å². The number of nitrogens with zero attached hydrogens (tertiary/aromatic N) is 1. The Kier molecular flexibility index (Phi) is 5.92. The summed E-state index contributed by atoms with van der Waals surface area (Å²) in [6.45, 7) is 3.72. The van der Waals surface area contributed by atoms with E-state index in [1.807, 2.05) is 6.92 Å². The molecule has 0 fully saturated rings. The average Bonchev–Trinajstić information content (AvgIpc) is 2.36. The molecule has 0 spiro atoms. The molecule has 0 bridgehead atoms. The van der Waals surface area contributed by atoms with Gasteiger partial charge in [0.15, 0.2) is 0 Å². The lowest BCUT2D eigenvalue weighted by atomic mass is 10.2. The number of urea groups is 1. The molecule has 0 heterocycles. The number of aliphatic hydroxyl groups excluding tert-OH is 1. The van der Waals surface area contributed by atoms with E-state index in [1.165, 1.54) is 18.2 Å². The number of aliphatic hydroxyl groups is 1. The van der Waals surface area contributed by atoms with E-state index in [1.54, 1.807) is 6.92 Å². The number of anilines is 1. The second kappa shape index (κ2) is 7.44. The van der Waals surface area contributed by atoms with Crippen LogP contribution in [0.25, 0.3) is 0 Å². The van der Waals surface area contributed by atoms with Crippen molar-refractivity contribution >= 4 is 17.4 Å². The van der Waals surface area contributed by atoms with Crippen molar-refractivity contribution in [3.05, 3.63) is 33.9 Å². The molecule has 110 valence electrons. The van der Waals surface area contributed by atoms with Crippen LogP contribution in [0.2, 0.25) is 0 Å². The van der Waals surface area contributed by atoms with Crippen molar-refractivity contribution in [2.75, 3.05) is 11.9 Å². The lowest BCUT2D eigenvalue weighted by molar-refractivity contribution is -0.385. The van der Waals surface area contributed by atoms with Gasteiger partial charge in [0.05, 0.1) is 11.0 Å². The van der Waals surface area contributed by atoms with E-state index in [4.69, 9.17) is 0 Å². The molecule has 20 heavy (non-hydrogen) atoms. The van der Waals surface area contributed by atoms with Crippen molar-refractivity contribution in [3.63, 3.8) is 0 Å². The number of nitro groups is 1. The zero-order valence-corrected chi connectivity index (χ0v) is 11.5. The minimum absolute atomic E-state index is 0.00864. The van der Waals surface area contributed by atoms with Gasteiger partial charge in [0.1, 0.15) is 0 Å². The van der Waals surface area contributed by atoms with Crippen LogP contribution in [-0.2, 0) is 0 Å². The van der Waals surface area contributed by atoms with Crippen molar-refractivity contribution < 1.29 is 14.8 Å². The Hall–Kier alpha value is -2.15. The molecule has 7 heteroatoms. The van der Waals surface area contributed by atoms with Crippen LogP contribution in [0.4, 0.5) is 16.2 Å². The third-order valence-electron chi connectivity index (χ3n) is 2.77. The van der Waals surface area contributed by atoms with Crippen LogP contribution >= 0.6 is 0 Å². The molecule has 2 amide bonds. The van der Waals surface area contributed by atoms with Gasteiger partial charge in [0, 0.05) is 23.9 Å². The van der Waals surface area contributed by atoms with Crippen molar-refractivity contribution in [2.24, 2.45) is 0 Å². The number of hydrogen-bond acceptors (Lipinski definition) is 4. The van der Waals surface area contributed by atoms with Crippen LogP contribution < -0.4 is 10.6 Å². The van der Waals surface area contributed by atoms with E-state index in [-0.39, 0.29) is 12.2 Å². The van der Waals surface area contributed by atoms with Gasteiger partial charge in [-0.1, -0.05) is 13.3 Å². The second-order valence-electron chi connectivity index (χ2n) is 4.54. The van der Waals surface area contributed by atoms with Gasteiger partial charge < -0.3 is 15.7 Å². The number of carbonyl (C=O) groups excluding carboxylic acids is 1. The molecule has 7 nitrogen and oxygen atoms in total. The highest BCUT2D eigenvalue weighted by Crippen LogP contribution is 2.21. The SMILES string of the molecule is CCC[C@H](O)CNC(=O)Nc1ccc([N+](=O)[O-])c(C)c1. The molecule has 3 N–H and O–H groups in total. The number of rotatable bonds is 6. The molecule has 1 rings (SSSR count). The number of carbonyl (C=O) groups is 1. The maximum absolute atomic E-state index is 11.6. The Morgan fingerprint density at radius 1 is 1.50 bits per heavy atom. The van der Waals surface area contributed by atoms with Crippen LogP contribution in [0, 0.1) is 17.0 Å². The van der Waals surface area contributed by atoms with Gasteiger partial charge in [0.2, 0.25) is 0 Å². The fourth-order valence-corrected chi connectivity index (χ4v) is 1.76. The highest BCUT2D eigenvalue weighted by Gasteiger charge is 2.11. The fraction of sp³-hybridized carbons (Fsp3) is 0.462. The highest BCUT2D eigenvalue weighted by molar-refractivity contribution is 5.89. The molecule has 0 aromatic heterocycles. The fourth-order valence-electron chi connectivity index (χ4n) is 1.76. The van der Waals surface area contributed by atoms with E-state index in [0.29, 0.717) is 17.7 Å². The first-order valence-electron chi connectivity index (χ1n) is 6.42. The quantitative estimate of drug-likeness (QED) is 0.549. The van der Waals surface area contributed by atoms with Gasteiger partial charge in [0.25, 0.3) is 5.69 Å². The Balaban J connectivity index is 2.54. The maximum atomic E-state index is 11.6. The molecule has 0 saturated heterocycles. The maximum Gasteiger partial charge on any atom is 0.319 e. The average molecular weight is 281 g/mol. The largest absolute Gasteiger partial charge is 0.391 e. The van der Waals surface area contributed by atoms with Crippen LogP contribution in [0.15, 0.2) is 18.2 Å². The molecule has 0 saturated carbocycles. The molecule has 0 aliphatic heterocycles. The summed E-state index contributed by atoms with van der Waals surface area (Å²) < 4.78 is 0. The lowest BCUT2D eigenvalue weighted by Gasteiger charge is -2.12. The molecule has 1 atom stereocenters. The molecular formula is C13H19N3O4. The summed E-state index contributed by atoms with van der Waals surface area (Å²) >= 11 is 0. The first-order chi connectivity index (χ1) is 9.43. The molecule has 0 radical (unpaired) electrons. The number of hydrogen-bond donors (Lipinski definition) is 3. The van der Waals surface area contributed by atoms with Gasteiger partial charge in [-0.15, -0.1) is 0 Å². The second-order valence-corrected chi connectivity index (χ2v) is 4.54. The van der Waals surface area contributed by atoms with E-state index in [9.17, 15) is 20.0 Å². The van der Waals surface area contributed by atoms with Gasteiger partial charge in [-0.25, -0.2) is 4.79 Å². The van der Waals surface area contributed by atoms with E-state index >= 15 is 0 Å². The van der Waals surface area contributed by atoms with Crippen LogP contribution in [0.5, 0.6) is 0 Å². The highest BCUT2D eigenvalue weighted by atomic mass is 16.6. The summed E-state index contributed by atoms with van der Waals surface area (Å²) in [6, 6.07) is 3.89. The Morgan fingerprint density at radius 2 is 2.20 bits per heavy atom. The van der Waals surface area contributed by atoms with Gasteiger partial charge >= 0.3 is 6.03 Å². The van der Waals surface area contributed by atoms with Crippen LogP contribution in [0.3, 0.4) is 0 Å². The number of amides is 2. The first kappa shape index (κ1) is 15.9. The third kappa shape index (κ3) is 4.85. The number of nitrogens with one attached hydrogen (secondary N) is 2. The Morgan fingerprint density at radius 3 is 2.75 bits per heavy atom. The van der Waals surface area contributed by atoms with E-state index in [0.717, 1.165) is 6.42 Å². The molecule has 0 unspecified atom stereocenters. The standard InChI is InChI=1S/C13H19N3O4/c1-3-4-11(17)8-14-13(18)15-10-5-6-12(16(19)20)9(2)7-10/h5-7,11,17H,3-4,8H2,1-2H3,(H2,14,15,18)/t11-/m0/s1. The lowest BCUT2D eigenvalue weighted by Crippen LogP contribution is -2.35. The van der Waals surface area contributed by atoms with Crippen molar-refractivity contribution in [1.29, 1.82) is 0 Å². The predicted molar refractivity (Wildman–Crippen MR) is 75.8 cm³/mol. The molecule has 0 aliphatic carbocycles. The van der Waals surface area contributed by atoms with Crippen molar-refractivity contribution in [3.8, 4) is 0 Å². The smallest absolute Gasteiger partial charge is 0.319 e. The minimum Gasteiger partial charge on any atom is -0.391 e. The minimum atomic E-state index is -0.565. The van der Waals surface area contributed by atoms with Crippen LogP contribution in [-0.4, -0.2) is 28.7 Å². The summed E-state index contributed by atoms with van der Waals surface area (Å²) in [5, 5.41) is 25.3. The van der Waals surface area contributed by atoms with Gasteiger partial charge in [-0.2, -0.15) is 0 Å². The summed E-state index contributed by atoms with van der Waals surface area (Å²) in [6.07, 6.45) is 0.896. The Labute approximate surface area is 117 Å². The third-order valence-corrected chi connectivity index (χ3v) is 2.77. The number of nitro benzene ring substituents is 1. The Bertz CT molecular complexity index is 491.